The van der Waals surface area contributed by atoms with Gasteiger partial charge in [-0.2, -0.15) is 0 Å². The van der Waals surface area contributed by atoms with E-state index < -0.39 is 11.6 Å². The Kier molecular flexibility index (Phi) is 4.14. The maximum atomic E-state index is 13.4. The Labute approximate surface area is 87.8 Å². The standard InChI is InChI=1S/C10H15F2N3/c1-15(2)6-10(14-13)8-4-3-7(11)5-9(8)12/h3-5,10,14H,6,13H2,1-2H3. The van der Waals surface area contributed by atoms with Gasteiger partial charge in [0.1, 0.15) is 11.6 Å². The lowest BCUT2D eigenvalue weighted by Crippen LogP contribution is -2.36. The molecule has 0 amide bonds. The van der Waals surface area contributed by atoms with Crippen LogP contribution in [0.2, 0.25) is 0 Å². The highest BCUT2D eigenvalue weighted by molar-refractivity contribution is 5.22. The van der Waals surface area contributed by atoms with Gasteiger partial charge in [0.05, 0.1) is 6.04 Å². The molecule has 0 aliphatic rings. The fourth-order valence-electron chi connectivity index (χ4n) is 1.39. The van der Waals surface area contributed by atoms with E-state index >= 15 is 0 Å². The summed E-state index contributed by atoms with van der Waals surface area (Å²) in [6.45, 7) is 0.541. The van der Waals surface area contributed by atoms with Crippen molar-refractivity contribution >= 4 is 0 Å². The number of hydrogen-bond donors (Lipinski definition) is 2. The second kappa shape index (κ2) is 5.16. The van der Waals surface area contributed by atoms with Crippen molar-refractivity contribution in [2.75, 3.05) is 20.6 Å². The summed E-state index contributed by atoms with van der Waals surface area (Å²) in [5, 5.41) is 0. The topological polar surface area (TPSA) is 41.3 Å². The van der Waals surface area contributed by atoms with Crippen LogP contribution < -0.4 is 11.3 Å². The third-order valence-electron chi connectivity index (χ3n) is 2.09. The molecular weight excluding hydrogens is 200 g/mol. The zero-order chi connectivity index (χ0) is 11.4. The van der Waals surface area contributed by atoms with E-state index in [9.17, 15) is 8.78 Å². The van der Waals surface area contributed by atoms with Gasteiger partial charge in [-0.3, -0.25) is 11.3 Å². The van der Waals surface area contributed by atoms with Gasteiger partial charge in [-0.15, -0.1) is 0 Å². The highest BCUT2D eigenvalue weighted by Crippen LogP contribution is 2.17. The molecule has 3 nitrogen and oxygen atoms in total. The van der Waals surface area contributed by atoms with Gasteiger partial charge >= 0.3 is 0 Å². The molecule has 5 heteroatoms. The Morgan fingerprint density at radius 3 is 2.53 bits per heavy atom. The van der Waals surface area contributed by atoms with Crippen molar-refractivity contribution in [2.24, 2.45) is 5.84 Å². The van der Waals surface area contributed by atoms with E-state index in [1.165, 1.54) is 12.1 Å². The molecular formula is C10H15F2N3. The van der Waals surface area contributed by atoms with Crippen molar-refractivity contribution in [1.82, 2.24) is 10.3 Å². The lowest BCUT2D eigenvalue weighted by atomic mass is 10.1. The number of nitrogens with two attached hydrogens (primary N) is 1. The normalized spacial score (nSPS) is 13.2. The Balaban J connectivity index is 2.91. The average Bonchev–Trinajstić information content (AvgIpc) is 2.14. The first kappa shape index (κ1) is 12.0. The summed E-state index contributed by atoms with van der Waals surface area (Å²) >= 11 is 0. The quantitative estimate of drug-likeness (QED) is 0.582. The monoisotopic (exact) mass is 215 g/mol. The van der Waals surface area contributed by atoms with Gasteiger partial charge in [0, 0.05) is 18.2 Å². The van der Waals surface area contributed by atoms with E-state index in [0.717, 1.165) is 6.07 Å². The fraction of sp³-hybridized carbons (Fsp3) is 0.400. The number of benzene rings is 1. The molecule has 0 saturated heterocycles. The number of nitrogens with zero attached hydrogens (tertiary/aromatic N) is 1. The lowest BCUT2D eigenvalue weighted by molar-refractivity contribution is 0.338. The average molecular weight is 215 g/mol. The Morgan fingerprint density at radius 1 is 1.40 bits per heavy atom. The van der Waals surface area contributed by atoms with Crippen molar-refractivity contribution < 1.29 is 8.78 Å². The van der Waals surface area contributed by atoms with Crippen molar-refractivity contribution in [1.29, 1.82) is 0 Å². The highest BCUT2D eigenvalue weighted by Gasteiger charge is 2.15. The maximum Gasteiger partial charge on any atom is 0.130 e. The zero-order valence-electron chi connectivity index (χ0n) is 8.80. The highest BCUT2D eigenvalue weighted by atomic mass is 19.1. The number of nitrogens with one attached hydrogen (secondary N) is 1. The van der Waals surface area contributed by atoms with Crippen molar-refractivity contribution in [3.63, 3.8) is 0 Å². The molecule has 0 aliphatic carbocycles. The molecule has 1 unspecified atom stereocenters. The molecule has 1 rings (SSSR count). The van der Waals surface area contributed by atoms with Crippen LogP contribution in [0.15, 0.2) is 18.2 Å². The van der Waals surface area contributed by atoms with E-state index in [0.29, 0.717) is 12.1 Å². The van der Waals surface area contributed by atoms with Crippen LogP contribution in [0.5, 0.6) is 0 Å². The third-order valence-corrected chi connectivity index (χ3v) is 2.09. The predicted molar refractivity (Wildman–Crippen MR) is 55.0 cm³/mol. The van der Waals surface area contributed by atoms with E-state index in [2.05, 4.69) is 5.43 Å². The van der Waals surface area contributed by atoms with Crippen LogP contribution in [0.25, 0.3) is 0 Å². The minimum Gasteiger partial charge on any atom is -0.307 e. The van der Waals surface area contributed by atoms with Crippen LogP contribution in [0.4, 0.5) is 8.78 Å². The number of hydrogen-bond acceptors (Lipinski definition) is 3. The van der Waals surface area contributed by atoms with E-state index in [1.807, 2.05) is 19.0 Å². The predicted octanol–water partition coefficient (Wildman–Crippen LogP) is 1.03. The molecule has 0 fully saturated rings. The summed E-state index contributed by atoms with van der Waals surface area (Å²) in [5.41, 5.74) is 2.87. The van der Waals surface area contributed by atoms with Crippen LogP contribution in [0, 0.1) is 11.6 Å². The molecule has 1 aromatic carbocycles. The number of likely N-dealkylation sites (N-methyl/N-ethyl adjacent to an activating group) is 1. The zero-order valence-corrected chi connectivity index (χ0v) is 8.80. The van der Waals surface area contributed by atoms with Crippen molar-refractivity contribution in [3.05, 3.63) is 35.4 Å². The molecule has 84 valence electrons. The Morgan fingerprint density at radius 2 is 2.07 bits per heavy atom. The first-order chi connectivity index (χ1) is 7.04. The van der Waals surface area contributed by atoms with E-state index in [1.54, 1.807) is 0 Å². The maximum absolute atomic E-state index is 13.4. The van der Waals surface area contributed by atoms with E-state index in [-0.39, 0.29) is 6.04 Å². The van der Waals surface area contributed by atoms with Gasteiger partial charge in [0.15, 0.2) is 0 Å². The third kappa shape index (κ3) is 3.23. The molecule has 1 aromatic rings. The smallest absolute Gasteiger partial charge is 0.130 e. The minimum atomic E-state index is -0.586. The van der Waals surface area contributed by atoms with E-state index in [4.69, 9.17) is 5.84 Å². The summed E-state index contributed by atoms with van der Waals surface area (Å²) in [7, 11) is 3.71. The summed E-state index contributed by atoms with van der Waals surface area (Å²) in [4.78, 5) is 1.87. The molecule has 0 saturated carbocycles. The van der Waals surface area contributed by atoms with Crippen LogP contribution >= 0.6 is 0 Å². The van der Waals surface area contributed by atoms with Gasteiger partial charge in [-0.25, -0.2) is 8.78 Å². The summed E-state index contributed by atoms with van der Waals surface area (Å²) in [6, 6.07) is 3.13. The van der Waals surface area contributed by atoms with Crippen LogP contribution in [-0.4, -0.2) is 25.5 Å². The molecule has 1 atom stereocenters. The number of hydrazine groups is 1. The SMILES string of the molecule is CN(C)CC(NN)c1ccc(F)cc1F. The molecule has 0 spiro atoms. The van der Waals surface area contributed by atoms with Crippen LogP contribution in [0.3, 0.4) is 0 Å². The molecule has 0 bridgehead atoms. The van der Waals surface area contributed by atoms with Crippen LogP contribution in [-0.2, 0) is 0 Å². The summed E-state index contributed by atoms with van der Waals surface area (Å²) in [5.74, 6) is 4.15. The van der Waals surface area contributed by atoms with Gasteiger partial charge in [-0.05, 0) is 20.2 Å². The van der Waals surface area contributed by atoms with Gasteiger partial charge in [-0.1, -0.05) is 6.07 Å². The first-order valence-electron chi connectivity index (χ1n) is 4.60. The molecule has 0 aromatic heterocycles. The van der Waals surface area contributed by atoms with Crippen LogP contribution in [0.1, 0.15) is 11.6 Å². The number of halogens is 2. The fourth-order valence-corrected chi connectivity index (χ4v) is 1.39. The van der Waals surface area contributed by atoms with Gasteiger partial charge < -0.3 is 4.90 Å². The van der Waals surface area contributed by atoms with Crippen molar-refractivity contribution in [3.8, 4) is 0 Å². The second-order valence-electron chi connectivity index (χ2n) is 3.65. The Bertz CT molecular complexity index is 328. The second-order valence-corrected chi connectivity index (χ2v) is 3.65. The Hall–Kier alpha value is -1.04. The number of rotatable bonds is 4. The molecule has 0 heterocycles. The largest absolute Gasteiger partial charge is 0.307 e. The lowest BCUT2D eigenvalue weighted by Gasteiger charge is -2.20. The summed E-state index contributed by atoms with van der Waals surface area (Å²) in [6.07, 6.45) is 0. The van der Waals surface area contributed by atoms with Gasteiger partial charge in [0.25, 0.3) is 0 Å². The molecule has 0 aliphatic heterocycles. The molecule has 15 heavy (non-hydrogen) atoms. The molecule has 3 N–H and O–H groups in total. The summed E-state index contributed by atoms with van der Waals surface area (Å²) < 4.78 is 26.1. The van der Waals surface area contributed by atoms with Gasteiger partial charge in [0.2, 0.25) is 0 Å². The first-order valence-corrected chi connectivity index (χ1v) is 4.60. The molecule has 0 radical (unpaired) electrons. The minimum absolute atomic E-state index is 0.347. The van der Waals surface area contributed by atoms with Crippen molar-refractivity contribution in [2.45, 2.75) is 6.04 Å².